The van der Waals surface area contributed by atoms with Gasteiger partial charge in [0.05, 0.1) is 13.7 Å². The number of methoxy groups -OCH3 is 1. The van der Waals surface area contributed by atoms with Crippen LogP contribution in [0.5, 0.6) is 11.5 Å². The maximum atomic E-state index is 12.5. The monoisotopic (exact) mass is 374 g/mol. The van der Waals surface area contributed by atoms with Crippen molar-refractivity contribution < 1.29 is 23.8 Å². The number of hydrogen-bond acceptors (Lipinski definition) is 6. The van der Waals surface area contributed by atoms with Crippen molar-refractivity contribution in [3.05, 3.63) is 29.8 Å². The topological polar surface area (TPSA) is 88.9 Å². The Morgan fingerprint density at radius 1 is 1.30 bits per heavy atom. The van der Waals surface area contributed by atoms with Gasteiger partial charge in [-0.05, 0) is 36.6 Å². The maximum Gasteiger partial charge on any atom is 0.325 e. The number of benzene rings is 1. The quantitative estimate of drug-likeness (QED) is 0.462. The van der Waals surface area contributed by atoms with Crippen LogP contribution in [-0.2, 0) is 14.3 Å². The highest BCUT2D eigenvalue weighted by Gasteiger charge is 2.17. The summed E-state index contributed by atoms with van der Waals surface area (Å²) < 4.78 is 15.4. The Morgan fingerprint density at radius 3 is 2.63 bits per heavy atom. The molecule has 7 heteroatoms. The van der Waals surface area contributed by atoms with Crippen molar-refractivity contribution in [1.82, 2.24) is 4.90 Å². The minimum Gasteiger partial charge on any atom is -0.493 e. The molecule has 1 aromatic rings. The molecule has 0 aliphatic rings. The molecule has 1 aromatic carbocycles. The van der Waals surface area contributed by atoms with Crippen molar-refractivity contribution in [1.29, 1.82) is 5.26 Å². The fourth-order valence-electron chi connectivity index (χ4n) is 2.33. The Labute approximate surface area is 160 Å². The molecule has 0 N–H and O–H groups in total. The number of carbonyl (C=O) groups is 2. The number of ether oxygens (including phenoxy) is 3. The molecule has 0 saturated carbocycles. The number of rotatable bonds is 10. The van der Waals surface area contributed by atoms with E-state index in [0.717, 1.165) is 5.56 Å². The van der Waals surface area contributed by atoms with Crippen LogP contribution in [0.4, 0.5) is 0 Å². The third-order valence-electron chi connectivity index (χ3n) is 3.42. The van der Waals surface area contributed by atoms with Crippen LogP contribution >= 0.6 is 0 Å². The predicted octanol–water partition coefficient (Wildman–Crippen LogP) is 2.66. The molecule has 1 rings (SSSR count). The van der Waals surface area contributed by atoms with Crippen LogP contribution in [0.3, 0.4) is 0 Å². The third-order valence-corrected chi connectivity index (χ3v) is 3.42. The van der Waals surface area contributed by atoms with E-state index in [-0.39, 0.29) is 31.6 Å². The minimum atomic E-state index is -0.430. The van der Waals surface area contributed by atoms with Gasteiger partial charge in [0.2, 0.25) is 5.91 Å². The average molecular weight is 374 g/mol. The van der Waals surface area contributed by atoms with E-state index in [1.54, 1.807) is 31.2 Å². The van der Waals surface area contributed by atoms with Gasteiger partial charge in [-0.1, -0.05) is 19.9 Å². The second-order valence-electron chi connectivity index (χ2n) is 6.11. The highest BCUT2D eigenvalue weighted by atomic mass is 16.5. The SMILES string of the molecule is CCOC(=O)CN(CC(C)C)C(=O)C=Cc1ccc(OCC#N)c(OC)c1. The number of hydrogen-bond donors (Lipinski definition) is 0. The summed E-state index contributed by atoms with van der Waals surface area (Å²) in [5, 5.41) is 8.60. The first-order valence-corrected chi connectivity index (χ1v) is 8.71. The Kier molecular flexibility index (Phi) is 9.45. The highest BCUT2D eigenvalue weighted by molar-refractivity contribution is 5.93. The van der Waals surface area contributed by atoms with E-state index >= 15 is 0 Å². The Morgan fingerprint density at radius 2 is 2.04 bits per heavy atom. The van der Waals surface area contributed by atoms with Gasteiger partial charge >= 0.3 is 5.97 Å². The maximum absolute atomic E-state index is 12.5. The van der Waals surface area contributed by atoms with E-state index in [9.17, 15) is 9.59 Å². The number of nitriles is 1. The number of amides is 1. The zero-order valence-corrected chi connectivity index (χ0v) is 16.2. The van der Waals surface area contributed by atoms with Crippen molar-refractivity contribution in [2.45, 2.75) is 20.8 Å². The molecule has 0 saturated heterocycles. The van der Waals surface area contributed by atoms with Gasteiger partial charge in [-0.15, -0.1) is 0 Å². The molecule has 0 heterocycles. The second kappa shape index (κ2) is 11.6. The van der Waals surface area contributed by atoms with E-state index in [4.69, 9.17) is 19.5 Å². The number of carbonyl (C=O) groups excluding carboxylic acids is 2. The highest BCUT2D eigenvalue weighted by Crippen LogP contribution is 2.28. The van der Waals surface area contributed by atoms with Gasteiger partial charge in [0.25, 0.3) is 0 Å². The first-order chi connectivity index (χ1) is 12.9. The number of nitrogens with zero attached hydrogens (tertiary/aromatic N) is 2. The van der Waals surface area contributed by atoms with Gasteiger partial charge in [0.15, 0.2) is 18.1 Å². The molecule has 1 amide bonds. The molecule has 146 valence electrons. The second-order valence-corrected chi connectivity index (χ2v) is 6.11. The van der Waals surface area contributed by atoms with Gasteiger partial charge in [-0.25, -0.2) is 0 Å². The smallest absolute Gasteiger partial charge is 0.325 e. The zero-order valence-electron chi connectivity index (χ0n) is 16.2. The molecule has 27 heavy (non-hydrogen) atoms. The van der Waals surface area contributed by atoms with Crippen molar-refractivity contribution in [2.75, 3.05) is 33.4 Å². The lowest BCUT2D eigenvalue weighted by Crippen LogP contribution is -2.37. The Hall–Kier alpha value is -3.01. The summed E-state index contributed by atoms with van der Waals surface area (Å²) in [6.45, 7) is 6.23. The molecule has 0 unspecified atom stereocenters. The van der Waals surface area contributed by atoms with Crippen molar-refractivity contribution in [2.24, 2.45) is 5.92 Å². The number of esters is 1. The van der Waals surface area contributed by atoms with E-state index in [1.807, 2.05) is 19.9 Å². The van der Waals surface area contributed by atoms with Crippen LogP contribution in [0.2, 0.25) is 0 Å². The fourth-order valence-corrected chi connectivity index (χ4v) is 2.33. The lowest BCUT2D eigenvalue weighted by molar-refractivity contribution is -0.147. The molecular formula is C20H26N2O5. The van der Waals surface area contributed by atoms with Gasteiger partial charge < -0.3 is 19.1 Å². The zero-order chi connectivity index (χ0) is 20.2. The van der Waals surface area contributed by atoms with Crippen molar-refractivity contribution >= 4 is 18.0 Å². The van der Waals surface area contributed by atoms with E-state index in [2.05, 4.69) is 0 Å². The van der Waals surface area contributed by atoms with Crippen LogP contribution in [0.15, 0.2) is 24.3 Å². The van der Waals surface area contributed by atoms with Crippen molar-refractivity contribution in [3.63, 3.8) is 0 Å². The molecule has 0 aromatic heterocycles. The van der Waals surface area contributed by atoms with Gasteiger partial charge in [0.1, 0.15) is 12.6 Å². The Bertz CT molecular complexity index is 707. The van der Waals surface area contributed by atoms with Crippen LogP contribution in [-0.4, -0.2) is 50.2 Å². The summed E-state index contributed by atoms with van der Waals surface area (Å²) in [6, 6.07) is 7.02. The fraction of sp³-hybridized carbons (Fsp3) is 0.450. The standard InChI is InChI=1S/C20H26N2O5/c1-5-26-20(24)14-22(13-15(2)3)19(23)9-7-16-6-8-17(27-11-10-21)18(12-16)25-4/h6-9,12,15H,5,11,13-14H2,1-4H3. The predicted molar refractivity (Wildman–Crippen MR) is 101 cm³/mol. The molecule has 7 nitrogen and oxygen atoms in total. The normalized spacial score (nSPS) is 10.5. The first kappa shape index (κ1) is 22.0. The van der Waals surface area contributed by atoms with Crippen LogP contribution in [0.1, 0.15) is 26.3 Å². The summed E-state index contributed by atoms with van der Waals surface area (Å²) in [5.41, 5.74) is 0.727. The lowest BCUT2D eigenvalue weighted by atomic mass is 10.1. The van der Waals surface area contributed by atoms with Crippen LogP contribution in [0, 0.1) is 17.2 Å². The summed E-state index contributed by atoms with van der Waals surface area (Å²) in [5.74, 6) is 0.422. The molecular weight excluding hydrogens is 348 g/mol. The largest absolute Gasteiger partial charge is 0.493 e. The summed E-state index contributed by atoms with van der Waals surface area (Å²) in [7, 11) is 1.50. The van der Waals surface area contributed by atoms with E-state index in [1.165, 1.54) is 18.1 Å². The summed E-state index contributed by atoms with van der Waals surface area (Å²) >= 11 is 0. The van der Waals surface area contributed by atoms with Gasteiger partial charge in [-0.3, -0.25) is 9.59 Å². The molecule has 0 aliphatic heterocycles. The van der Waals surface area contributed by atoms with Crippen LogP contribution < -0.4 is 9.47 Å². The molecule has 0 bridgehead atoms. The summed E-state index contributed by atoms with van der Waals surface area (Å²) in [6.07, 6.45) is 3.05. The minimum absolute atomic E-state index is 0.0813. The third kappa shape index (κ3) is 7.82. The molecule has 0 atom stereocenters. The van der Waals surface area contributed by atoms with Crippen molar-refractivity contribution in [3.8, 4) is 17.6 Å². The van der Waals surface area contributed by atoms with Gasteiger partial charge in [-0.2, -0.15) is 5.26 Å². The average Bonchev–Trinajstić information content (AvgIpc) is 2.63. The first-order valence-electron chi connectivity index (χ1n) is 8.71. The van der Waals surface area contributed by atoms with E-state index < -0.39 is 5.97 Å². The molecule has 0 spiro atoms. The molecule has 0 radical (unpaired) electrons. The summed E-state index contributed by atoms with van der Waals surface area (Å²) in [4.78, 5) is 25.7. The van der Waals surface area contributed by atoms with Gasteiger partial charge in [0, 0.05) is 12.6 Å². The van der Waals surface area contributed by atoms with Crippen LogP contribution in [0.25, 0.3) is 6.08 Å². The Balaban J connectivity index is 2.89. The van der Waals surface area contributed by atoms with E-state index in [0.29, 0.717) is 18.0 Å². The lowest BCUT2D eigenvalue weighted by Gasteiger charge is -2.22. The molecule has 0 aliphatic carbocycles. The molecule has 0 fully saturated rings.